The number of anilines is 1. The van der Waals surface area contributed by atoms with Crippen LogP contribution >= 0.6 is 0 Å². The highest BCUT2D eigenvalue weighted by Gasteiger charge is 2.21. The van der Waals surface area contributed by atoms with Crippen LogP contribution in [-0.4, -0.2) is 40.7 Å². The van der Waals surface area contributed by atoms with Gasteiger partial charge in [0.2, 0.25) is 11.8 Å². The van der Waals surface area contributed by atoms with E-state index >= 15 is 0 Å². The first kappa shape index (κ1) is 19.0. The summed E-state index contributed by atoms with van der Waals surface area (Å²) in [6.07, 6.45) is 5.29. The molecule has 3 aromatic heterocycles. The van der Waals surface area contributed by atoms with E-state index in [1.165, 1.54) is 16.7 Å². The van der Waals surface area contributed by atoms with E-state index in [1.54, 1.807) is 16.8 Å². The number of hydrogen-bond donors (Lipinski definition) is 4. The molecule has 0 radical (unpaired) electrons. The number of nitrogens with zero attached hydrogens (tertiary/aromatic N) is 5. The van der Waals surface area contributed by atoms with Gasteiger partial charge >= 0.3 is 5.69 Å². The average Bonchev–Trinajstić information content (AvgIpc) is 3.36. The molecule has 4 aromatic rings. The second-order valence-electron chi connectivity index (χ2n) is 7.75. The number of aromatic hydroxyl groups is 1. The number of rotatable bonds is 5. The predicted octanol–water partition coefficient (Wildman–Crippen LogP) is 0.686. The molecule has 0 bridgehead atoms. The lowest BCUT2D eigenvalue weighted by Gasteiger charge is -2.11. The fraction of sp³-hybridized carbons (Fsp3) is 0.286. The minimum atomic E-state index is -0.491. The molecule has 158 valence electrons. The molecule has 1 aliphatic rings. The van der Waals surface area contributed by atoms with E-state index < -0.39 is 5.69 Å². The largest absolute Gasteiger partial charge is 0.493 e. The van der Waals surface area contributed by atoms with E-state index in [-0.39, 0.29) is 17.6 Å². The first-order valence-corrected chi connectivity index (χ1v) is 10.1. The highest BCUT2D eigenvalue weighted by Crippen LogP contribution is 2.22. The molecule has 5 rings (SSSR count). The van der Waals surface area contributed by atoms with Crippen molar-refractivity contribution in [2.75, 3.05) is 5.32 Å². The van der Waals surface area contributed by atoms with Crippen LogP contribution in [-0.2, 0) is 6.54 Å². The molecular weight excluding hydrogens is 396 g/mol. The summed E-state index contributed by atoms with van der Waals surface area (Å²) >= 11 is 0. The number of H-pyrrole nitrogens is 2. The van der Waals surface area contributed by atoms with E-state index in [1.807, 2.05) is 6.07 Å². The number of imidazole rings is 1. The zero-order valence-corrected chi connectivity index (χ0v) is 17.2. The van der Waals surface area contributed by atoms with E-state index in [0.29, 0.717) is 29.0 Å². The topological polar surface area (TPSA) is 136 Å². The van der Waals surface area contributed by atoms with Crippen molar-refractivity contribution in [2.45, 2.75) is 39.3 Å². The molecule has 10 heteroatoms. The standard InChI is InChI=1S/C21H22N8O2/c1-11-4-3-5-12(2)15(11)10-22-19-26-17-13(8-16-18(30)27-21(31)25-16)9-23-29(17)20(28-19)24-14-6-7-14/h3-5,8-9,14,30H,6-7,10H2,1-2H3,(H,22,24,28)(H2,25,27,31). The molecule has 31 heavy (non-hydrogen) atoms. The Balaban J connectivity index is 1.60. The molecule has 1 saturated carbocycles. The second kappa shape index (κ2) is 7.38. The summed E-state index contributed by atoms with van der Waals surface area (Å²) in [7, 11) is 0. The summed E-state index contributed by atoms with van der Waals surface area (Å²) in [5.41, 5.74) is 4.35. The summed E-state index contributed by atoms with van der Waals surface area (Å²) in [4.78, 5) is 30.2. The summed E-state index contributed by atoms with van der Waals surface area (Å²) < 4.78 is 1.58. The molecule has 3 heterocycles. The van der Waals surface area contributed by atoms with Gasteiger partial charge in [-0.1, -0.05) is 18.2 Å². The number of benzene rings is 1. The number of aryl methyl sites for hydroxylation is 2. The Morgan fingerprint density at radius 1 is 1.26 bits per heavy atom. The zero-order valence-electron chi connectivity index (χ0n) is 17.2. The van der Waals surface area contributed by atoms with Gasteiger partial charge in [-0.05, 0) is 49.5 Å². The van der Waals surface area contributed by atoms with Gasteiger partial charge in [0.25, 0.3) is 5.62 Å². The quantitative estimate of drug-likeness (QED) is 0.376. The summed E-state index contributed by atoms with van der Waals surface area (Å²) in [5.74, 6) is 0.200. The summed E-state index contributed by atoms with van der Waals surface area (Å²) in [6, 6.07) is 6.45. The van der Waals surface area contributed by atoms with Crippen molar-refractivity contribution in [1.82, 2.24) is 29.5 Å². The van der Waals surface area contributed by atoms with Gasteiger partial charge in [0.05, 0.1) is 12.2 Å². The van der Waals surface area contributed by atoms with Crippen LogP contribution in [0.3, 0.4) is 0 Å². The van der Waals surface area contributed by atoms with Crippen molar-refractivity contribution in [3.8, 4) is 5.88 Å². The normalized spacial score (nSPS) is 15.2. The highest BCUT2D eigenvalue weighted by atomic mass is 16.3. The first-order chi connectivity index (χ1) is 15.0. The van der Waals surface area contributed by atoms with Crippen molar-refractivity contribution in [3.05, 3.63) is 68.1 Å². The van der Waals surface area contributed by atoms with Crippen molar-refractivity contribution < 1.29 is 5.11 Å². The summed E-state index contributed by atoms with van der Waals surface area (Å²) in [6.45, 7) is 4.74. The second-order valence-corrected chi connectivity index (χ2v) is 7.75. The highest BCUT2D eigenvalue weighted by molar-refractivity contribution is 5.57. The zero-order chi connectivity index (χ0) is 21.5. The lowest BCUT2D eigenvalue weighted by molar-refractivity contribution is 0.454. The predicted molar refractivity (Wildman–Crippen MR) is 114 cm³/mol. The van der Waals surface area contributed by atoms with Gasteiger partial charge < -0.3 is 15.4 Å². The Morgan fingerprint density at radius 2 is 2.03 bits per heavy atom. The monoisotopic (exact) mass is 418 g/mol. The number of nitrogens with one attached hydrogen (secondary N) is 3. The Labute approximate surface area is 176 Å². The SMILES string of the molecule is Cc1cccc(C)c1CNc1nc(=NC2CC2)n2ncc(=Cc3[nH]c(=O)[nH]c3O)c2n1. The third-order valence-corrected chi connectivity index (χ3v) is 5.33. The lowest BCUT2D eigenvalue weighted by Crippen LogP contribution is -2.25. The van der Waals surface area contributed by atoms with Crippen molar-refractivity contribution in [2.24, 2.45) is 4.99 Å². The third-order valence-electron chi connectivity index (χ3n) is 5.33. The maximum atomic E-state index is 11.5. The van der Waals surface area contributed by atoms with Crippen LogP contribution in [0.5, 0.6) is 5.88 Å². The van der Waals surface area contributed by atoms with E-state index in [2.05, 4.69) is 61.3 Å². The van der Waals surface area contributed by atoms with Gasteiger partial charge in [-0.15, -0.1) is 0 Å². The Morgan fingerprint density at radius 3 is 2.71 bits per heavy atom. The molecule has 0 saturated heterocycles. The average molecular weight is 418 g/mol. The van der Waals surface area contributed by atoms with Gasteiger partial charge in [0, 0.05) is 11.8 Å². The number of aromatic amines is 2. The van der Waals surface area contributed by atoms with Crippen molar-refractivity contribution >= 4 is 17.7 Å². The first-order valence-electron chi connectivity index (χ1n) is 10.1. The fourth-order valence-electron chi connectivity index (χ4n) is 3.45. The molecule has 0 amide bonds. The minimum absolute atomic E-state index is 0.241. The molecule has 0 spiro atoms. The molecule has 0 unspecified atom stereocenters. The lowest BCUT2D eigenvalue weighted by atomic mass is 10.0. The number of aromatic nitrogens is 6. The van der Waals surface area contributed by atoms with Crippen LogP contribution in [0.15, 0.2) is 34.2 Å². The maximum Gasteiger partial charge on any atom is 0.326 e. The van der Waals surface area contributed by atoms with E-state index in [0.717, 1.165) is 12.8 Å². The van der Waals surface area contributed by atoms with E-state index in [4.69, 9.17) is 0 Å². The van der Waals surface area contributed by atoms with Gasteiger partial charge in [-0.3, -0.25) is 4.98 Å². The summed E-state index contributed by atoms with van der Waals surface area (Å²) in [5, 5.41) is 18.2. The maximum absolute atomic E-state index is 11.5. The molecule has 1 aliphatic carbocycles. The molecule has 1 aromatic carbocycles. The van der Waals surface area contributed by atoms with Crippen LogP contribution in [0.25, 0.3) is 11.7 Å². The van der Waals surface area contributed by atoms with Crippen LogP contribution in [0, 0.1) is 13.8 Å². The molecule has 1 fully saturated rings. The van der Waals surface area contributed by atoms with E-state index in [9.17, 15) is 9.90 Å². The molecule has 10 nitrogen and oxygen atoms in total. The Hall–Kier alpha value is -3.95. The number of hydrogen-bond acceptors (Lipinski definition) is 7. The van der Waals surface area contributed by atoms with Gasteiger partial charge in [0.15, 0.2) is 5.65 Å². The van der Waals surface area contributed by atoms with Crippen molar-refractivity contribution in [3.63, 3.8) is 0 Å². The fourth-order valence-corrected chi connectivity index (χ4v) is 3.45. The molecule has 0 aliphatic heterocycles. The Kier molecular flexibility index (Phi) is 4.54. The minimum Gasteiger partial charge on any atom is -0.493 e. The van der Waals surface area contributed by atoms with Gasteiger partial charge in [-0.2, -0.15) is 19.6 Å². The van der Waals surface area contributed by atoms with Crippen LogP contribution < -0.4 is 21.8 Å². The number of fused-ring (bicyclic) bond motifs is 1. The Bertz CT molecular complexity index is 1440. The molecule has 4 N–H and O–H groups in total. The van der Waals surface area contributed by atoms with Crippen LogP contribution in [0.4, 0.5) is 5.95 Å². The van der Waals surface area contributed by atoms with Gasteiger partial charge in [-0.25, -0.2) is 9.79 Å². The third kappa shape index (κ3) is 3.79. The molecule has 0 atom stereocenters. The smallest absolute Gasteiger partial charge is 0.326 e. The molecular formula is C21H22N8O2. The van der Waals surface area contributed by atoms with Crippen LogP contribution in [0.1, 0.15) is 35.2 Å². The van der Waals surface area contributed by atoms with Crippen LogP contribution in [0.2, 0.25) is 0 Å². The van der Waals surface area contributed by atoms with Crippen molar-refractivity contribution in [1.29, 1.82) is 0 Å². The van der Waals surface area contributed by atoms with Gasteiger partial charge in [0.1, 0.15) is 5.69 Å².